The number of amidine groups is 3. The molecule has 6 atom stereocenters. The number of aliphatic hydroxyl groups is 3. The lowest BCUT2D eigenvalue weighted by atomic mass is 9.95. The second-order valence-electron chi connectivity index (χ2n) is 31.9. The number of allylic oxidation sites excluding steroid dienone is 1. The highest BCUT2D eigenvalue weighted by Crippen LogP contribution is 2.42. The van der Waals surface area contributed by atoms with E-state index in [0.29, 0.717) is 150 Å². The minimum Gasteiger partial charge on any atom is -0.463 e. The summed E-state index contributed by atoms with van der Waals surface area (Å²) in [5, 5.41) is 47.4. The number of fused-ring (bicyclic) bond motifs is 3. The van der Waals surface area contributed by atoms with Crippen molar-refractivity contribution in [3.8, 4) is 0 Å². The normalized spacial score (nSPS) is 21.3. The number of hydrogen-bond donors (Lipinski definition) is 6. The quantitative estimate of drug-likeness (QED) is 0.0150. The third-order valence-electron chi connectivity index (χ3n) is 20.8. The number of piperazine rings is 2. The van der Waals surface area contributed by atoms with Crippen LogP contribution in [0.15, 0.2) is 138 Å². The lowest BCUT2D eigenvalue weighted by molar-refractivity contribution is -0.139. The molecule has 3 aromatic heterocycles. The molecule has 39 heteroatoms. The summed E-state index contributed by atoms with van der Waals surface area (Å²) in [4.78, 5) is 119. The molecule has 9 aliphatic rings. The molecule has 6 N–H and O–H groups in total. The van der Waals surface area contributed by atoms with E-state index in [4.69, 9.17) is 59.0 Å². The fourth-order valence-electron chi connectivity index (χ4n) is 15.9. The number of piperidine rings is 1. The molecule has 6 saturated heterocycles. The highest BCUT2D eigenvalue weighted by Gasteiger charge is 2.47. The minimum atomic E-state index is -0.992. The first-order chi connectivity index (χ1) is 57.6. The zero-order chi connectivity index (χ0) is 86.9. The number of ether oxygens (including phenoxy) is 3. The summed E-state index contributed by atoms with van der Waals surface area (Å²) in [7, 11) is 0. The molecular weight excluding hydrogens is 1770 g/mol. The van der Waals surface area contributed by atoms with Gasteiger partial charge in [0.25, 0.3) is 0 Å². The summed E-state index contributed by atoms with van der Waals surface area (Å²) in [5.41, 5.74) is 0.829. The summed E-state index contributed by atoms with van der Waals surface area (Å²) in [6.45, 7) is 23.6. The third kappa shape index (κ3) is 22.5. The molecule has 0 bridgehead atoms. The maximum Gasteiger partial charge on any atom is 0.338 e. The zero-order valence-electron chi connectivity index (χ0n) is 69.3. The van der Waals surface area contributed by atoms with Crippen molar-refractivity contribution in [1.82, 2.24) is 70.1 Å². The highest BCUT2D eigenvalue weighted by atomic mass is 79.9. The Labute approximate surface area is 742 Å². The molecule has 3 aromatic carbocycles. The lowest BCUT2D eigenvalue weighted by Crippen LogP contribution is -2.53. The van der Waals surface area contributed by atoms with E-state index in [1.54, 1.807) is 114 Å². The standard InChI is InChI=1S/2C27H32ClFN6O4S.C17H14BrClFN3O2S.C11H20N2O2.CH3/c2*1-4-39-25(36)20-19(14-33-9-10-35-16(12-33)13-34(26(35)37)15-27(2,3)38)31-23(24-30-8-11-40-24)32-22(20)17-6-5-7-18(29)21(17)28;1-2-25-17(24)12-11(8-18)22-15(16-21-6-7-26-16)23-14(12)9-4-3-5-10(20)13(9)19;1-11(2,15)8-12-7-9-5-3-4-6-13(9)10(12)14;/h2*5-8,11,16,22,38H,4,9-10,12-15H2,1-3H3,(H,31,32);3-7,14H,2,8H2,1H3,(H,22,23);9,15H,3-8H2,1-2H3;1H3/q;;;;-1/t16-,22+;16-,22-;14-;;/m100../s1. The molecule has 658 valence electrons. The molecule has 29 nitrogen and oxygen atoms in total. The van der Waals surface area contributed by atoms with Crippen molar-refractivity contribution < 1.29 is 71.5 Å². The summed E-state index contributed by atoms with van der Waals surface area (Å²) in [6.07, 6.45) is 8.45. The summed E-state index contributed by atoms with van der Waals surface area (Å²) >= 11 is 26.5. The molecule has 12 heterocycles. The Morgan fingerprint density at radius 2 is 0.803 bits per heavy atom. The second-order valence-corrected chi connectivity index (χ2v) is 36.2. The van der Waals surface area contributed by atoms with Gasteiger partial charge in [-0.15, -0.1) is 34.0 Å². The molecule has 0 spiro atoms. The number of esters is 3. The van der Waals surface area contributed by atoms with Gasteiger partial charge >= 0.3 is 36.0 Å². The van der Waals surface area contributed by atoms with Crippen molar-refractivity contribution in [2.45, 2.75) is 135 Å². The Balaban J connectivity index is 0.000000167. The van der Waals surface area contributed by atoms with Gasteiger partial charge in [-0.1, -0.05) is 87.1 Å². The molecule has 0 saturated carbocycles. The van der Waals surface area contributed by atoms with E-state index in [1.807, 2.05) is 30.8 Å². The van der Waals surface area contributed by atoms with Crippen LogP contribution in [0.25, 0.3) is 0 Å². The van der Waals surface area contributed by atoms with Crippen LogP contribution in [0.1, 0.15) is 131 Å². The average Bonchev–Trinajstić information content (AvgIpc) is 1.12. The number of carbonyl (C=O) groups is 6. The van der Waals surface area contributed by atoms with E-state index in [0.717, 1.165) is 25.9 Å². The smallest absolute Gasteiger partial charge is 0.338 e. The number of aliphatic imine (C=N–C) groups is 3. The largest absolute Gasteiger partial charge is 0.463 e. The number of nitrogens with zero attached hydrogens (tertiary/aromatic N) is 14. The number of benzene rings is 3. The lowest BCUT2D eigenvalue weighted by Gasteiger charge is -2.38. The summed E-state index contributed by atoms with van der Waals surface area (Å²) < 4.78 is 59.2. The van der Waals surface area contributed by atoms with Gasteiger partial charge in [0.05, 0.1) is 106 Å². The number of aromatic nitrogens is 3. The van der Waals surface area contributed by atoms with Crippen molar-refractivity contribution in [3.05, 3.63) is 195 Å². The summed E-state index contributed by atoms with van der Waals surface area (Å²) in [6, 6.07) is 11.0. The van der Waals surface area contributed by atoms with Crippen LogP contribution in [-0.2, 0) is 28.6 Å². The van der Waals surface area contributed by atoms with Crippen LogP contribution >= 0.6 is 84.7 Å². The Morgan fingerprint density at radius 3 is 1.11 bits per heavy atom. The van der Waals surface area contributed by atoms with Crippen molar-refractivity contribution in [3.63, 3.8) is 0 Å². The zero-order valence-corrected chi connectivity index (χ0v) is 75.6. The van der Waals surface area contributed by atoms with Crippen LogP contribution in [0, 0.1) is 24.9 Å². The van der Waals surface area contributed by atoms with Gasteiger partial charge in [-0.3, -0.25) is 24.8 Å². The predicted molar refractivity (Wildman–Crippen MR) is 467 cm³/mol. The number of alkyl halides is 1. The van der Waals surface area contributed by atoms with E-state index in [-0.39, 0.29) is 102 Å². The van der Waals surface area contributed by atoms with Gasteiger partial charge in [0, 0.05) is 152 Å². The Morgan fingerprint density at radius 1 is 0.484 bits per heavy atom. The fraction of sp³-hybridized carbons (Fsp3) is 0.482. The first kappa shape index (κ1) is 94.0. The van der Waals surface area contributed by atoms with E-state index in [1.165, 1.54) is 76.8 Å². The number of hydrogen-bond acceptors (Lipinski definition) is 26. The van der Waals surface area contributed by atoms with Gasteiger partial charge in [0.15, 0.2) is 32.5 Å². The topological polar surface area (TPSA) is 329 Å². The van der Waals surface area contributed by atoms with Gasteiger partial charge in [-0.2, -0.15) is 0 Å². The van der Waals surface area contributed by atoms with E-state index < -0.39 is 70.3 Å². The fourth-order valence-corrected chi connectivity index (χ4v) is 18.8. The van der Waals surface area contributed by atoms with Gasteiger partial charge < -0.3 is 82.3 Å². The van der Waals surface area contributed by atoms with Crippen LogP contribution in [-0.4, -0.2) is 281 Å². The molecule has 122 heavy (non-hydrogen) atoms. The van der Waals surface area contributed by atoms with Crippen LogP contribution in [0.2, 0.25) is 15.1 Å². The van der Waals surface area contributed by atoms with E-state index >= 15 is 0 Å². The van der Waals surface area contributed by atoms with Crippen molar-refractivity contribution in [2.75, 3.05) is 123 Å². The first-order valence-corrected chi connectivity index (χ1v) is 44.6. The number of nitrogens with one attached hydrogen (secondary N) is 3. The number of urea groups is 3. The molecular formula is C83H101BrCl3F3N17O12S3-. The van der Waals surface area contributed by atoms with Crippen LogP contribution in [0.4, 0.5) is 27.6 Å². The molecule has 15 rings (SSSR count). The van der Waals surface area contributed by atoms with Gasteiger partial charge in [-0.25, -0.2) is 56.9 Å². The maximum absolute atomic E-state index is 14.5. The minimum absolute atomic E-state index is 0. The Bertz CT molecular complexity index is 4770. The highest BCUT2D eigenvalue weighted by molar-refractivity contribution is 9.09. The van der Waals surface area contributed by atoms with Crippen LogP contribution in [0.5, 0.6) is 0 Å². The van der Waals surface area contributed by atoms with E-state index in [9.17, 15) is 57.3 Å². The van der Waals surface area contributed by atoms with E-state index in [2.05, 4.69) is 61.6 Å². The molecule has 6 fully saturated rings. The monoisotopic (exact) mass is 1860 g/mol. The molecule has 6 amide bonds. The first-order valence-electron chi connectivity index (χ1n) is 39.8. The summed E-state index contributed by atoms with van der Waals surface area (Å²) in [5.74, 6) is -2.04. The van der Waals surface area contributed by atoms with Crippen LogP contribution < -0.4 is 16.0 Å². The number of amides is 6. The van der Waals surface area contributed by atoms with Gasteiger partial charge in [-0.05, 0) is 99.8 Å². The Kier molecular flexibility index (Phi) is 31.6. The number of rotatable bonds is 23. The predicted octanol–water partition coefficient (Wildman–Crippen LogP) is 11.8. The molecule has 0 aliphatic carbocycles. The average molecular weight is 1870 g/mol. The Hall–Kier alpha value is -8.66. The van der Waals surface area contributed by atoms with Crippen molar-refractivity contribution >= 4 is 138 Å². The molecule has 9 aliphatic heterocycles. The second kappa shape index (κ2) is 41.0. The maximum atomic E-state index is 14.5. The SMILES string of the molecule is CC(C)(O)CN1CC2CCCCN2C1=O.CCOC(=O)C1=C(CBr)NC(c2nccs2)=N[C@H]1c1cccc(F)c1Cl.CCOC(=O)C1=C(CN2CCN3C(=O)N(CC(C)(C)O)C[C@@H]3C2)NC(c2nccs2)=N[C@H]1c1cccc(F)c1Cl.CCOC(=O)C1=C(CN2CCN3C(=O)N(CC(C)(C)O)C[C@H]3C2)NC(c2nccs2)=N[C@H]1c1cccc(F)c1Cl.[CH3-]. The van der Waals surface area contributed by atoms with Crippen LogP contribution in [0.3, 0.4) is 0 Å². The third-order valence-corrected chi connectivity index (χ3v) is 24.9. The molecule has 6 aromatic rings. The number of β-amino-alcohol motifs (C(OH)–C–C–N with tert-alkyl or cyclic N) is 3. The van der Waals surface area contributed by atoms with Crippen molar-refractivity contribution in [1.29, 1.82) is 0 Å². The molecule has 1 unspecified atom stereocenters. The number of thiazole rings is 3. The number of halogens is 7. The van der Waals surface area contributed by atoms with Gasteiger partial charge in [0.2, 0.25) is 0 Å². The van der Waals surface area contributed by atoms with Gasteiger partial charge in [0.1, 0.15) is 35.6 Å². The number of carbonyl (C=O) groups excluding carboxylic acids is 6. The van der Waals surface area contributed by atoms with Crippen molar-refractivity contribution in [2.24, 2.45) is 15.0 Å². The molecule has 0 radical (unpaired) electrons.